The van der Waals surface area contributed by atoms with Crippen LogP contribution in [0.3, 0.4) is 0 Å². The molecule has 18 heavy (non-hydrogen) atoms. The molecular weight excluding hydrogens is 228 g/mol. The summed E-state index contributed by atoms with van der Waals surface area (Å²) in [5, 5.41) is 0.999. The van der Waals surface area contributed by atoms with Crippen molar-refractivity contribution >= 4 is 16.8 Å². The van der Waals surface area contributed by atoms with Gasteiger partial charge in [0.2, 0.25) is 11.5 Å². The smallest absolute Gasteiger partial charge is 0.248 e. The van der Waals surface area contributed by atoms with E-state index in [1.165, 1.54) is 6.07 Å². The Balaban J connectivity index is 1.91. The summed E-state index contributed by atoms with van der Waals surface area (Å²) in [6.45, 7) is 1.51. The standard InChI is InChI=1S/C14H14N2O2/c17-13-6-4-11-8-10(3-5-12(11)15-13)9-16-7-1-2-14(16)18/h3-6,8H,1-2,7,9H2,(H,15,17). The monoisotopic (exact) mass is 242 g/mol. The molecule has 92 valence electrons. The van der Waals surface area contributed by atoms with E-state index in [0.29, 0.717) is 13.0 Å². The third-order valence-corrected chi connectivity index (χ3v) is 3.33. The average molecular weight is 242 g/mol. The molecule has 0 spiro atoms. The number of nitrogens with one attached hydrogen (secondary N) is 1. The number of pyridine rings is 1. The van der Waals surface area contributed by atoms with E-state index in [1.54, 1.807) is 0 Å². The number of H-pyrrole nitrogens is 1. The fourth-order valence-electron chi connectivity index (χ4n) is 2.39. The van der Waals surface area contributed by atoms with Crippen LogP contribution in [0.25, 0.3) is 10.9 Å². The van der Waals surface area contributed by atoms with Crippen molar-refractivity contribution < 1.29 is 4.79 Å². The molecule has 0 aliphatic carbocycles. The fourth-order valence-corrected chi connectivity index (χ4v) is 2.39. The predicted molar refractivity (Wildman–Crippen MR) is 69.2 cm³/mol. The van der Waals surface area contributed by atoms with Gasteiger partial charge < -0.3 is 9.88 Å². The summed E-state index contributed by atoms with van der Waals surface area (Å²) in [5.74, 6) is 0.233. The van der Waals surface area contributed by atoms with Crippen LogP contribution in [0.5, 0.6) is 0 Å². The van der Waals surface area contributed by atoms with E-state index in [4.69, 9.17) is 0 Å². The highest BCUT2D eigenvalue weighted by molar-refractivity contribution is 5.80. The van der Waals surface area contributed by atoms with Gasteiger partial charge in [0.25, 0.3) is 0 Å². The Morgan fingerprint density at radius 1 is 1.17 bits per heavy atom. The number of aromatic nitrogens is 1. The first-order valence-corrected chi connectivity index (χ1v) is 6.12. The molecule has 1 N–H and O–H groups in total. The van der Waals surface area contributed by atoms with Gasteiger partial charge in [0.15, 0.2) is 0 Å². The van der Waals surface area contributed by atoms with Crippen LogP contribution in [0.1, 0.15) is 18.4 Å². The predicted octanol–water partition coefficient (Wildman–Crippen LogP) is 1.65. The molecule has 0 saturated carbocycles. The van der Waals surface area contributed by atoms with Gasteiger partial charge in [-0.3, -0.25) is 9.59 Å². The third kappa shape index (κ3) is 2.01. The lowest BCUT2D eigenvalue weighted by Crippen LogP contribution is -2.23. The Bertz CT molecular complexity index is 660. The molecule has 0 bridgehead atoms. The highest BCUT2D eigenvalue weighted by atomic mass is 16.2. The first-order chi connectivity index (χ1) is 8.72. The number of hydrogen-bond acceptors (Lipinski definition) is 2. The Kier molecular flexibility index (Phi) is 2.63. The molecule has 4 heteroatoms. The molecule has 1 fully saturated rings. The van der Waals surface area contributed by atoms with Crippen LogP contribution in [0, 0.1) is 0 Å². The van der Waals surface area contributed by atoms with Crippen molar-refractivity contribution in [1.82, 2.24) is 9.88 Å². The van der Waals surface area contributed by atoms with Gasteiger partial charge in [-0.2, -0.15) is 0 Å². The summed E-state index contributed by atoms with van der Waals surface area (Å²) >= 11 is 0. The Hall–Kier alpha value is -2.10. The minimum absolute atomic E-state index is 0.0926. The molecular formula is C14H14N2O2. The van der Waals surface area contributed by atoms with Crippen LogP contribution < -0.4 is 5.56 Å². The summed E-state index contributed by atoms with van der Waals surface area (Å²) in [6, 6.07) is 9.21. The highest BCUT2D eigenvalue weighted by Crippen LogP contribution is 2.17. The summed E-state index contributed by atoms with van der Waals surface area (Å²) in [4.78, 5) is 27.4. The maximum absolute atomic E-state index is 11.6. The minimum atomic E-state index is -0.0926. The number of aromatic amines is 1. The molecule has 1 saturated heterocycles. The molecule has 1 aliphatic rings. The van der Waals surface area contributed by atoms with Gasteiger partial charge in [-0.15, -0.1) is 0 Å². The quantitative estimate of drug-likeness (QED) is 0.870. The van der Waals surface area contributed by atoms with E-state index >= 15 is 0 Å². The second-order valence-corrected chi connectivity index (χ2v) is 4.66. The van der Waals surface area contributed by atoms with Crippen molar-refractivity contribution in [1.29, 1.82) is 0 Å². The normalized spacial score (nSPS) is 15.6. The first-order valence-electron chi connectivity index (χ1n) is 6.12. The zero-order chi connectivity index (χ0) is 12.5. The molecule has 1 amide bonds. The zero-order valence-electron chi connectivity index (χ0n) is 9.98. The Labute approximate surface area is 104 Å². The van der Waals surface area contributed by atoms with Crippen molar-refractivity contribution in [3.63, 3.8) is 0 Å². The van der Waals surface area contributed by atoms with E-state index in [0.717, 1.165) is 29.4 Å². The largest absolute Gasteiger partial charge is 0.338 e. The number of amides is 1. The average Bonchev–Trinajstić information content (AvgIpc) is 2.75. The van der Waals surface area contributed by atoms with E-state index in [-0.39, 0.29) is 11.5 Å². The van der Waals surface area contributed by atoms with Crippen LogP contribution in [0.4, 0.5) is 0 Å². The van der Waals surface area contributed by atoms with Crippen LogP contribution in [0.15, 0.2) is 35.1 Å². The van der Waals surface area contributed by atoms with E-state index in [2.05, 4.69) is 4.98 Å². The van der Waals surface area contributed by atoms with Crippen LogP contribution in [0.2, 0.25) is 0 Å². The van der Waals surface area contributed by atoms with Crippen LogP contribution in [-0.2, 0) is 11.3 Å². The SMILES string of the molecule is O=C1CCCN1Cc1ccc2[nH]c(=O)ccc2c1. The first kappa shape index (κ1) is 11.0. The van der Waals surface area contributed by atoms with Crippen LogP contribution >= 0.6 is 0 Å². The second-order valence-electron chi connectivity index (χ2n) is 4.66. The van der Waals surface area contributed by atoms with Crippen LogP contribution in [-0.4, -0.2) is 22.3 Å². The van der Waals surface area contributed by atoms with Gasteiger partial charge in [-0.05, 0) is 35.6 Å². The second kappa shape index (κ2) is 4.29. The number of benzene rings is 1. The van der Waals surface area contributed by atoms with Crippen molar-refractivity contribution in [2.75, 3.05) is 6.54 Å². The molecule has 0 atom stereocenters. The number of likely N-dealkylation sites (tertiary alicyclic amines) is 1. The van der Waals surface area contributed by atoms with Gasteiger partial charge in [-0.1, -0.05) is 6.07 Å². The summed E-state index contributed by atoms with van der Waals surface area (Å²) in [6.07, 6.45) is 1.63. The lowest BCUT2D eigenvalue weighted by molar-refractivity contribution is -0.128. The summed E-state index contributed by atoms with van der Waals surface area (Å²) in [7, 11) is 0. The fraction of sp³-hybridized carbons (Fsp3) is 0.286. The number of fused-ring (bicyclic) bond motifs is 1. The number of carbonyl (C=O) groups is 1. The molecule has 3 rings (SSSR count). The molecule has 1 aromatic heterocycles. The van der Waals surface area contributed by atoms with Gasteiger partial charge in [0.1, 0.15) is 0 Å². The number of hydrogen-bond donors (Lipinski definition) is 1. The van der Waals surface area contributed by atoms with E-state index in [1.807, 2.05) is 29.2 Å². The van der Waals surface area contributed by atoms with E-state index < -0.39 is 0 Å². The van der Waals surface area contributed by atoms with Gasteiger partial charge in [0.05, 0.1) is 0 Å². The highest BCUT2D eigenvalue weighted by Gasteiger charge is 2.19. The Morgan fingerprint density at radius 3 is 2.83 bits per heavy atom. The van der Waals surface area contributed by atoms with Gasteiger partial charge in [0, 0.05) is 31.1 Å². The summed E-state index contributed by atoms with van der Waals surface area (Å²) < 4.78 is 0. The van der Waals surface area contributed by atoms with Gasteiger partial charge >= 0.3 is 0 Å². The molecule has 4 nitrogen and oxygen atoms in total. The third-order valence-electron chi connectivity index (χ3n) is 3.33. The lowest BCUT2D eigenvalue weighted by Gasteiger charge is -2.15. The molecule has 1 aromatic carbocycles. The summed E-state index contributed by atoms with van der Waals surface area (Å²) in [5.41, 5.74) is 1.84. The zero-order valence-corrected chi connectivity index (χ0v) is 9.98. The van der Waals surface area contributed by atoms with Crippen molar-refractivity contribution in [3.05, 3.63) is 46.2 Å². The number of rotatable bonds is 2. The molecule has 0 unspecified atom stereocenters. The van der Waals surface area contributed by atoms with Crippen molar-refractivity contribution in [2.24, 2.45) is 0 Å². The molecule has 2 aromatic rings. The topological polar surface area (TPSA) is 53.2 Å². The van der Waals surface area contributed by atoms with Gasteiger partial charge in [-0.25, -0.2) is 0 Å². The number of carbonyl (C=O) groups excluding carboxylic acids is 1. The molecule has 1 aliphatic heterocycles. The Morgan fingerprint density at radius 2 is 2.06 bits per heavy atom. The van der Waals surface area contributed by atoms with Crippen molar-refractivity contribution in [3.8, 4) is 0 Å². The molecule has 2 heterocycles. The maximum Gasteiger partial charge on any atom is 0.248 e. The van der Waals surface area contributed by atoms with Crippen molar-refractivity contribution in [2.45, 2.75) is 19.4 Å². The maximum atomic E-state index is 11.6. The number of nitrogens with zero attached hydrogens (tertiary/aromatic N) is 1. The lowest BCUT2D eigenvalue weighted by atomic mass is 10.1. The minimum Gasteiger partial charge on any atom is -0.338 e. The molecule has 0 radical (unpaired) electrons. The van der Waals surface area contributed by atoms with E-state index in [9.17, 15) is 9.59 Å².